The van der Waals surface area contributed by atoms with E-state index in [1.165, 1.54) is 29.9 Å². The first-order chi connectivity index (χ1) is 8.66. The van der Waals surface area contributed by atoms with Crippen LogP contribution in [0.5, 0.6) is 0 Å². The number of primary amides is 1. The second-order valence-electron chi connectivity index (χ2n) is 3.20. The monoisotopic (exact) mass is 263 g/mol. The minimum atomic E-state index is -0.592. The first-order valence-corrected chi connectivity index (χ1v) is 5.76. The van der Waals surface area contributed by atoms with Crippen LogP contribution >= 0.6 is 11.3 Å². The number of nitrogens with two attached hydrogens (primary N) is 1. The first-order valence-electron chi connectivity index (χ1n) is 4.88. The highest BCUT2D eigenvalue weighted by Crippen LogP contribution is 2.22. The molecular formula is C10H9N5O2S. The Bertz CT molecular complexity index is 569. The van der Waals surface area contributed by atoms with Gasteiger partial charge in [0.05, 0.1) is 11.8 Å². The van der Waals surface area contributed by atoms with Crippen molar-refractivity contribution in [2.45, 2.75) is 0 Å². The summed E-state index contributed by atoms with van der Waals surface area (Å²) in [5, 5.41) is 7.05. The Morgan fingerprint density at radius 3 is 2.78 bits per heavy atom. The van der Waals surface area contributed by atoms with E-state index >= 15 is 0 Å². The molecule has 2 rings (SSSR count). The van der Waals surface area contributed by atoms with Crippen molar-refractivity contribution >= 4 is 34.1 Å². The third-order valence-electron chi connectivity index (χ3n) is 1.96. The number of hydrogen-bond donors (Lipinski definition) is 3. The summed E-state index contributed by atoms with van der Waals surface area (Å²) in [5.74, 6) is -0.279. The number of urea groups is 1. The number of aromatic nitrogens is 2. The molecule has 4 N–H and O–H groups in total. The number of amides is 3. The van der Waals surface area contributed by atoms with E-state index in [-0.39, 0.29) is 5.56 Å². The van der Waals surface area contributed by atoms with Gasteiger partial charge in [0, 0.05) is 12.4 Å². The summed E-state index contributed by atoms with van der Waals surface area (Å²) in [5.41, 5.74) is 5.43. The Kier molecular flexibility index (Phi) is 3.49. The van der Waals surface area contributed by atoms with Crippen LogP contribution in [0, 0.1) is 0 Å². The smallest absolute Gasteiger partial charge is 0.325 e. The van der Waals surface area contributed by atoms with Gasteiger partial charge in [-0.3, -0.25) is 20.4 Å². The van der Waals surface area contributed by atoms with Crippen LogP contribution in [-0.2, 0) is 0 Å². The summed E-state index contributed by atoms with van der Waals surface area (Å²) in [6.45, 7) is 0. The van der Waals surface area contributed by atoms with Gasteiger partial charge in [-0.25, -0.2) is 9.78 Å². The summed E-state index contributed by atoms with van der Waals surface area (Å²) in [7, 11) is 0. The highest BCUT2D eigenvalue weighted by atomic mass is 32.1. The molecule has 2 heterocycles. The van der Waals surface area contributed by atoms with Crippen molar-refractivity contribution in [3.05, 3.63) is 35.6 Å². The van der Waals surface area contributed by atoms with E-state index in [0.717, 1.165) is 0 Å². The zero-order chi connectivity index (χ0) is 13.0. The van der Waals surface area contributed by atoms with Crippen LogP contribution in [0.1, 0.15) is 10.4 Å². The van der Waals surface area contributed by atoms with E-state index in [0.29, 0.717) is 10.8 Å². The van der Waals surface area contributed by atoms with E-state index in [1.807, 2.05) is 0 Å². The fourth-order valence-corrected chi connectivity index (χ4v) is 2.00. The Balaban J connectivity index is 2.04. The van der Waals surface area contributed by atoms with E-state index in [1.54, 1.807) is 11.4 Å². The van der Waals surface area contributed by atoms with E-state index in [2.05, 4.69) is 20.6 Å². The molecule has 0 saturated carbocycles. The normalized spacial score (nSPS) is 9.78. The zero-order valence-corrected chi connectivity index (χ0v) is 9.90. The topological polar surface area (TPSA) is 110 Å². The van der Waals surface area contributed by atoms with Crippen molar-refractivity contribution in [1.82, 2.24) is 9.97 Å². The molecule has 8 heteroatoms. The number of rotatable bonds is 3. The van der Waals surface area contributed by atoms with E-state index < -0.39 is 11.9 Å². The molecule has 0 radical (unpaired) electrons. The largest absolute Gasteiger partial charge is 0.366 e. The van der Waals surface area contributed by atoms with Crippen molar-refractivity contribution in [3.63, 3.8) is 0 Å². The van der Waals surface area contributed by atoms with Crippen molar-refractivity contribution in [2.24, 2.45) is 5.73 Å². The third-order valence-corrected chi connectivity index (χ3v) is 2.79. The third kappa shape index (κ3) is 2.80. The number of thiophene rings is 1. The van der Waals surface area contributed by atoms with Crippen LogP contribution in [0.2, 0.25) is 0 Å². The molecule has 92 valence electrons. The maximum atomic E-state index is 11.6. The Morgan fingerprint density at radius 2 is 2.11 bits per heavy atom. The maximum Gasteiger partial charge on any atom is 0.325 e. The maximum absolute atomic E-state index is 11.6. The van der Waals surface area contributed by atoms with Gasteiger partial charge in [0.2, 0.25) is 0 Å². The van der Waals surface area contributed by atoms with Crippen LogP contribution in [0.3, 0.4) is 0 Å². The van der Waals surface area contributed by atoms with Gasteiger partial charge in [-0.2, -0.15) is 0 Å². The highest BCUT2D eigenvalue weighted by molar-refractivity contribution is 7.14. The summed E-state index contributed by atoms with van der Waals surface area (Å²) < 4.78 is 0. The molecule has 0 bridgehead atoms. The van der Waals surface area contributed by atoms with Crippen molar-refractivity contribution in [3.8, 4) is 0 Å². The van der Waals surface area contributed by atoms with Crippen LogP contribution in [0.4, 0.5) is 15.6 Å². The molecule has 0 aliphatic heterocycles. The Hall–Kier alpha value is -2.48. The van der Waals surface area contributed by atoms with Crippen LogP contribution in [0.25, 0.3) is 0 Å². The molecule has 2 aromatic heterocycles. The molecule has 0 aromatic carbocycles. The lowest BCUT2D eigenvalue weighted by molar-refractivity contribution is 0.100. The molecule has 0 aliphatic carbocycles. The molecule has 0 fully saturated rings. The van der Waals surface area contributed by atoms with E-state index in [4.69, 9.17) is 5.73 Å². The molecule has 0 aliphatic rings. The minimum Gasteiger partial charge on any atom is -0.366 e. The summed E-state index contributed by atoms with van der Waals surface area (Å²) >= 11 is 1.21. The van der Waals surface area contributed by atoms with Gasteiger partial charge in [0.1, 0.15) is 5.00 Å². The van der Waals surface area contributed by atoms with Crippen molar-refractivity contribution in [2.75, 3.05) is 10.6 Å². The van der Waals surface area contributed by atoms with Gasteiger partial charge in [0.15, 0.2) is 5.82 Å². The SMILES string of the molecule is NC(=O)c1ccsc1NC(=O)Nc1cnccn1. The van der Waals surface area contributed by atoms with Gasteiger partial charge in [-0.15, -0.1) is 11.3 Å². The molecule has 18 heavy (non-hydrogen) atoms. The predicted molar refractivity (Wildman–Crippen MR) is 67.5 cm³/mol. The van der Waals surface area contributed by atoms with Crippen LogP contribution in [-0.4, -0.2) is 21.9 Å². The summed E-state index contributed by atoms with van der Waals surface area (Å²) in [6.07, 6.45) is 4.35. The molecule has 7 nitrogen and oxygen atoms in total. The van der Waals surface area contributed by atoms with Gasteiger partial charge in [-0.05, 0) is 11.4 Å². The second-order valence-corrected chi connectivity index (χ2v) is 4.11. The fraction of sp³-hybridized carbons (Fsp3) is 0. The molecule has 0 saturated heterocycles. The Morgan fingerprint density at radius 1 is 1.28 bits per heavy atom. The number of hydrogen-bond acceptors (Lipinski definition) is 5. The second kappa shape index (κ2) is 5.23. The molecule has 0 spiro atoms. The number of carbonyl (C=O) groups excluding carboxylic acids is 2. The molecular weight excluding hydrogens is 254 g/mol. The number of nitrogens with zero attached hydrogens (tertiary/aromatic N) is 2. The van der Waals surface area contributed by atoms with Gasteiger partial charge < -0.3 is 5.73 Å². The quantitative estimate of drug-likeness (QED) is 0.774. The lowest BCUT2D eigenvalue weighted by atomic mass is 10.3. The van der Waals surface area contributed by atoms with Gasteiger partial charge >= 0.3 is 6.03 Å². The van der Waals surface area contributed by atoms with Crippen molar-refractivity contribution in [1.29, 1.82) is 0 Å². The zero-order valence-electron chi connectivity index (χ0n) is 9.08. The van der Waals surface area contributed by atoms with Crippen LogP contribution in [0.15, 0.2) is 30.0 Å². The first kappa shape index (κ1) is 12.0. The van der Waals surface area contributed by atoms with Gasteiger partial charge in [-0.1, -0.05) is 0 Å². The van der Waals surface area contributed by atoms with Gasteiger partial charge in [0.25, 0.3) is 5.91 Å². The van der Waals surface area contributed by atoms with Crippen LogP contribution < -0.4 is 16.4 Å². The van der Waals surface area contributed by atoms with Crippen molar-refractivity contribution < 1.29 is 9.59 Å². The fourth-order valence-electron chi connectivity index (χ4n) is 1.21. The summed E-state index contributed by atoms with van der Waals surface area (Å²) in [6, 6.07) is 1.03. The van der Waals surface area contributed by atoms with E-state index in [9.17, 15) is 9.59 Å². The Labute approximate surface area is 106 Å². The summed E-state index contributed by atoms with van der Waals surface area (Å²) in [4.78, 5) is 30.4. The highest BCUT2D eigenvalue weighted by Gasteiger charge is 2.12. The standard InChI is InChI=1S/C10H9N5O2S/c11-8(16)6-1-4-18-9(6)15-10(17)14-7-5-12-2-3-13-7/h1-5H,(H2,11,16)(H2,13,14,15,17). The molecule has 0 unspecified atom stereocenters. The molecule has 2 aromatic rings. The molecule has 0 atom stereocenters. The average Bonchev–Trinajstić information content (AvgIpc) is 2.78. The number of anilines is 2. The average molecular weight is 263 g/mol. The lowest BCUT2D eigenvalue weighted by Gasteiger charge is -2.05. The lowest BCUT2D eigenvalue weighted by Crippen LogP contribution is -2.21. The predicted octanol–water partition coefficient (Wildman–Crippen LogP) is 1.28. The number of carbonyl (C=O) groups is 2. The molecule has 3 amide bonds. The number of nitrogens with one attached hydrogen (secondary N) is 2. The minimum absolute atomic E-state index is 0.272.